The van der Waals surface area contributed by atoms with Crippen LogP contribution in [0.3, 0.4) is 0 Å². The van der Waals surface area contributed by atoms with Gasteiger partial charge in [-0.25, -0.2) is 0 Å². The van der Waals surface area contributed by atoms with Crippen molar-refractivity contribution in [1.82, 2.24) is 0 Å². The Labute approximate surface area is 222 Å². The van der Waals surface area contributed by atoms with Gasteiger partial charge in [-0.1, -0.05) is 140 Å². The van der Waals surface area contributed by atoms with Crippen molar-refractivity contribution in [2.45, 2.75) is 0 Å². The molecule has 0 N–H and O–H groups in total. The fourth-order valence-corrected chi connectivity index (χ4v) is 6.30. The van der Waals surface area contributed by atoms with Crippen molar-refractivity contribution in [3.8, 4) is 11.1 Å². The zero-order chi connectivity index (χ0) is 25.1. The van der Waals surface area contributed by atoms with Gasteiger partial charge in [0.1, 0.15) is 0 Å². The van der Waals surface area contributed by atoms with Crippen molar-refractivity contribution < 1.29 is 0 Å². The zero-order valence-corrected chi connectivity index (χ0v) is 20.9. The molecule has 0 nitrogen and oxygen atoms in total. The summed E-state index contributed by atoms with van der Waals surface area (Å²) >= 11 is 0. The molecule has 0 saturated carbocycles. The number of hydrogen-bond donors (Lipinski definition) is 0. The lowest BCUT2D eigenvalue weighted by Gasteiger charge is -2.12. The Kier molecular flexibility index (Phi) is 4.62. The van der Waals surface area contributed by atoms with Crippen molar-refractivity contribution in [3.63, 3.8) is 0 Å². The molecule has 0 heterocycles. The molecule has 0 saturated heterocycles. The molecule has 0 unspecified atom stereocenters. The van der Waals surface area contributed by atoms with E-state index in [0.29, 0.717) is 0 Å². The third kappa shape index (κ3) is 3.11. The minimum Gasteiger partial charge on any atom is -0.0622 e. The second-order valence-electron chi connectivity index (χ2n) is 10.1. The first-order chi connectivity index (χ1) is 18.9. The minimum absolute atomic E-state index is 1.24. The lowest BCUT2D eigenvalue weighted by molar-refractivity contribution is 1.52. The average Bonchev–Trinajstić information content (AvgIpc) is 3.50. The summed E-state index contributed by atoms with van der Waals surface area (Å²) in [6.07, 6.45) is 0. The van der Waals surface area contributed by atoms with Crippen LogP contribution >= 0.6 is 0 Å². The molecule has 2 aliphatic carbocycles. The molecule has 0 amide bonds. The second kappa shape index (κ2) is 8.30. The van der Waals surface area contributed by atoms with Gasteiger partial charge in [0.25, 0.3) is 0 Å². The van der Waals surface area contributed by atoms with E-state index in [4.69, 9.17) is 0 Å². The number of allylic oxidation sites excluding steroid dienone is 2. The van der Waals surface area contributed by atoms with Crippen LogP contribution in [0.2, 0.25) is 0 Å². The van der Waals surface area contributed by atoms with Gasteiger partial charge in [0.15, 0.2) is 0 Å². The fraction of sp³-hybridized carbons (Fsp3) is 0. The molecular formula is C38H24. The highest BCUT2D eigenvalue weighted by Gasteiger charge is 2.36. The maximum absolute atomic E-state index is 2.30. The van der Waals surface area contributed by atoms with E-state index in [9.17, 15) is 0 Å². The highest BCUT2D eigenvalue weighted by atomic mass is 14.4. The SMILES string of the molecule is c1ccc(C2=C3C(=C(c4ccc(-c5ccc6ccccc6c5)cc4)c4ccccc43)c3ccccc32)cc1. The van der Waals surface area contributed by atoms with Crippen molar-refractivity contribution >= 4 is 33.1 Å². The van der Waals surface area contributed by atoms with E-state index in [2.05, 4.69) is 146 Å². The molecule has 0 aliphatic heterocycles. The number of hydrogen-bond acceptors (Lipinski definition) is 0. The van der Waals surface area contributed by atoms with E-state index in [1.54, 1.807) is 0 Å². The van der Waals surface area contributed by atoms with Crippen LogP contribution in [0.15, 0.2) is 146 Å². The first-order valence-corrected chi connectivity index (χ1v) is 13.2. The van der Waals surface area contributed by atoms with Crippen molar-refractivity contribution in [2.24, 2.45) is 0 Å². The number of rotatable bonds is 3. The van der Waals surface area contributed by atoms with Gasteiger partial charge < -0.3 is 0 Å². The topological polar surface area (TPSA) is 0 Å². The first kappa shape index (κ1) is 21.2. The molecule has 0 spiro atoms. The summed E-state index contributed by atoms with van der Waals surface area (Å²) in [5.74, 6) is 0. The molecule has 0 atom stereocenters. The Morgan fingerprint density at radius 1 is 0.237 bits per heavy atom. The lowest BCUT2D eigenvalue weighted by atomic mass is 9.91. The van der Waals surface area contributed by atoms with Gasteiger partial charge >= 0.3 is 0 Å². The number of benzene rings is 6. The molecule has 176 valence electrons. The molecule has 6 aromatic carbocycles. The standard InChI is InChI=1S/C38H24/c1-2-11-27(12-3-1)35-31-14-6-8-16-33(31)38-36(32-15-7-9-17-34(32)37(35)38)28-21-18-26(19-22-28)30-23-20-25-10-4-5-13-29(25)24-30/h1-24H. The summed E-state index contributed by atoms with van der Waals surface area (Å²) in [6.45, 7) is 0. The van der Waals surface area contributed by atoms with Crippen LogP contribution in [0.1, 0.15) is 33.4 Å². The largest absolute Gasteiger partial charge is 0.0622 e. The van der Waals surface area contributed by atoms with Crippen LogP contribution in [0.4, 0.5) is 0 Å². The van der Waals surface area contributed by atoms with Gasteiger partial charge in [0.2, 0.25) is 0 Å². The van der Waals surface area contributed by atoms with E-state index in [1.807, 2.05) is 0 Å². The summed E-state index contributed by atoms with van der Waals surface area (Å²) in [6, 6.07) is 53.1. The summed E-state index contributed by atoms with van der Waals surface area (Å²) in [5.41, 5.74) is 15.7. The Morgan fingerprint density at radius 3 is 1.26 bits per heavy atom. The quantitative estimate of drug-likeness (QED) is 0.236. The zero-order valence-electron chi connectivity index (χ0n) is 20.9. The Morgan fingerprint density at radius 2 is 0.658 bits per heavy atom. The monoisotopic (exact) mass is 480 g/mol. The van der Waals surface area contributed by atoms with Gasteiger partial charge in [-0.3, -0.25) is 0 Å². The van der Waals surface area contributed by atoms with E-state index in [-0.39, 0.29) is 0 Å². The Balaban J connectivity index is 1.34. The maximum atomic E-state index is 2.30. The van der Waals surface area contributed by atoms with E-state index >= 15 is 0 Å². The molecule has 8 rings (SSSR count). The second-order valence-corrected chi connectivity index (χ2v) is 10.1. The van der Waals surface area contributed by atoms with Gasteiger partial charge in [-0.05, 0) is 83.6 Å². The molecule has 0 aromatic heterocycles. The van der Waals surface area contributed by atoms with Gasteiger partial charge in [-0.2, -0.15) is 0 Å². The average molecular weight is 481 g/mol. The predicted molar refractivity (Wildman–Crippen MR) is 161 cm³/mol. The Bertz CT molecular complexity index is 1930. The number of fused-ring (bicyclic) bond motifs is 6. The van der Waals surface area contributed by atoms with Crippen molar-refractivity contribution in [2.75, 3.05) is 0 Å². The third-order valence-corrected chi connectivity index (χ3v) is 8.00. The maximum Gasteiger partial charge on any atom is -0.000763 e. The normalized spacial score (nSPS) is 13.6. The molecule has 0 fully saturated rings. The van der Waals surface area contributed by atoms with Crippen LogP contribution in [-0.2, 0) is 0 Å². The highest BCUT2D eigenvalue weighted by molar-refractivity contribution is 6.35. The summed E-state index contributed by atoms with van der Waals surface area (Å²) in [4.78, 5) is 0. The molecule has 0 radical (unpaired) electrons. The third-order valence-electron chi connectivity index (χ3n) is 8.00. The molecule has 6 aromatic rings. The molecule has 0 heteroatoms. The van der Waals surface area contributed by atoms with E-state index < -0.39 is 0 Å². The predicted octanol–water partition coefficient (Wildman–Crippen LogP) is 9.75. The summed E-state index contributed by atoms with van der Waals surface area (Å²) in [7, 11) is 0. The smallest absolute Gasteiger partial charge is 0.000763 e. The van der Waals surface area contributed by atoms with Crippen molar-refractivity contribution in [1.29, 1.82) is 0 Å². The molecule has 0 bridgehead atoms. The first-order valence-electron chi connectivity index (χ1n) is 13.2. The fourth-order valence-electron chi connectivity index (χ4n) is 6.30. The lowest BCUT2D eigenvalue weighted by Crippen LogP contribution is -1.92. The van der Waals surface area contributed by atoms with Gasteiger partial charge in [0.05, 0.1) is 0 Å². The van der Waals surface area contributed by atoms with Crippen LogP contribution in [0.25, 0.3) is 44.2 Å². The van der Waals surface area contributed by atoms with Crippen LogP contribution in [-0.4, -0.2) is 0 Å². The van der Waals surface area contributed by atoms with E-state index in [0.717, 1.165) is 0 Å². The van der Waals surface area contributed by atoms with Crippen LogP contribution < -0.4 is 0 Å². The Hall–Kier alpha value is -4.94. The van der Waals surface area contributed by atoms with Gasteiger partial charge in [0, 0.05) is 0 Å². The van der Waals surface area contributed by atoms with Crippen molar-refractivity contribution in [3.05, 3.63) is 179 Å². The highest BCUT2D eigenvalue weighted by Crippen LogP contribution is 2.58. The van der Waals surface area contributed by atoms with Crippen LogP contribution in [0.5, 0.6) is 0 Å². The van der Waals surface area contributed by atoms with Gasteiger partial charge in [-0.15, -0.1) is 0 Å². The summed E-state index contributed by atoms with van der Waals surface area (Å²) in [5, 5.41) is 2.55. The summed E-state index contributed by atoms with van der Waals surface area (Å²) < 4.78 is 0. The van der Waals surface area contributed by atoms with Crippen LogP contribution in [0, 0.1) is 0 Å². The van der Waals surface area contributed by atoms with E-state index in [1.165, 1.54) is 77.6 Å². The molecule has 2 aliphatic rings. The molecular weight excluding hydrogens is 456 g/mol. The minimum atomic E-state index is 1.24. The molecule has 38 heavy (non-hydrogen) atoms.